The number of fused-ring (bicyclic) bond motifs is 1. The van der Waals surface area contributed by atoms with Crippen LogP contribution >= 0.6 is 15.9 Å². The number of aryl methyl sites for hydroxylation is 1. The molecule has 0 saturated carbocycles. The van der Waals surface area contributed by atoms with Crippen molar-refractivity contribution in [1.82, 2.24) is 5.32 Å². The molecule has 110 valence electrons. The molecule has 0 radical (unpaired) electrons. The van der Waals surface area contributed by atoms with Crippen LogP contribution in [0.5, 0.6) is 5.75 Å². The monoisotopic (exact) mass is 345 g/mol. The van der Waals surface area contributed by atoms with Crippen LogP contribution in [0.4, 0.5) is 0 Å². The molecule has 0 saturated heterocycles. The van der Waals surface area contributed by atoms with E-state index in [1.807, 2.05) is 18.2 Å². The predicted octanol–water partition coefficient (Wildman–Crippen LogP) is 4.62. The van der Waals surface area contributed by atoms with Gasteiger partial charge in [0.15, 0.2) is 0 Å². The van der Waals surface area contributed by atoms with Crippen molar-refractivity contribution >= 4 is 15.9 Å². The van der Waals surface area contributed by atoms with Crippen LogP contribution in [0, 0.1) is 0 Å². The third-order valence-corrected chi connectivity index (χ3v) is 4.77. The van der Waals surface area contributed by atoms with Gasteiger partial charge in [-0.2, -0.15) is 0 Å². The normalized spacial score (nSPS) is 16.8. The van der Waals surface area contributed by atoms with Crippen LogP contribution in [0.15, 0.2) is 46.9 Å². The Balaban J connectivity index is 1.69. The van der Waals surface area contributed by atoms with E-state index in [0.717, 1.165) is 23.2 Å². The van der Waals surface area contributed by atoms with Crippen LogP contribution in [-0.2, 0) is 13.0 Å². The maximum absolute atomic E-state index is 5.94. The largest absolute Gasteiger partial charge is 0.489 e. The van der Waals surface area contributed by atoms with Crippen molar-refractivity contribution < 1.29 is 4.74 Å². The lowest BCUT2D eigenvalue weighted by atomic mass is 10.1. The van der Waals surface area contributed by atoms with Gasteiger partial charge < -0.3 is 10.1 Å². The summed E-state index contributed by atoms with van der Waals surface area (Å²) in [6, 6.07) is 15.2. The summed E-state index contributed by atoms with van der Waals surface area (Å²) in [5, 5.41) is 3.54. The van der Waals surface area contributed by atoms with E-state index in [1.54, 1.807) is 0 Å². The molecule has 1 atom stereocenters. The molecule has 1 aliphatic carbocycles. The number of ether oxygens (including phenoxy) is 1. The van der Waals surface area contributed by atoms with Crippen LogP contribution in [0.2, 0.25) is 0 Å². The summed E-state index contributed by atoms with van der Waals surface area (Å²) in [5.74, 6) is 0.960. The smallest absolute Gasteiger partial charge is 0.120 e. The van der Waals surface area contributed by atoms with Crippen molar-refractivity contribution in [3.8, 4) is 5.75 Å². The highest BCUT2D eigenvalue weighted by Gasteiger charge is 2.21. The van der Waals surface area contributed by atoms with Crippen molar-refractivity contribution in [2.24, 2.45) is 0 Å². The molecule has 1 N–H and O–H groups in total. The van der Waals surface area contributed by atoms with E-state index in [1.165, 1.54) is 23.1 Å². The quantitative estimate of drug-likeness (QED) is 0.853. The summed E-state index contributed by atoms with van der Waals surface area (Å²) >= 11 is 3.56. The van der Waals surface area contributed by atoms with E-state index >= 15 is 0 Å². The SMILES string of the molecule is CCNC1CCc2cc(OCc3ccccc3Br)ccc21. The fraction of sp³-hybridized carbons (Fsp3) is 0.333. The lowest BCUT2D eigenvalue weighted by Gasteiger charge is -2.13. The lowest BCUT2D eigenvalue weighted by molar-refractivity contribution is 0.305. The highest BCUT2D eigenvalue weighted by atomic mass is 79.9. The molecule has 2 aromatic rings. The Morgan fingerprint density at radius 3 is 2.90 bits per heavy atom. The molecule has 3 heteroatoms. The minimum absolute atomic E-state index is 0.516. The Kier molecular flexibility index (Phi) is 4.61. The Labute approximate surface area is 134 Å². The molecule has 0 bridgehead atoms. The van der Waals surface area contributed by atoms with Crippen LogP contribution in [-0.4, -0.2) is 6.54 Å². The molecule has 0 fully saturated rings. The molecule has 2 aromatic carbocycles. The van der Waals surface area contributed by atoms with E-state index < -0.39 is 0 Å². The maximum atomic E-state index is 5.94. The van der Waals surface area contributed by atoms with Gasteiger partial charge in [-0.15, -0.1) is 0 Å². The standard InChI is InChI=1S/C18H20BrNO/c1-2-20-18-10-7-13-11-15(8-9-16(13)18)21-12-14-5-3-4-6-17(14)19/h3-6,8-9,11,18,20H,2,7,10,12H2,1H3. The van der Waals surface area contributed by atoms with Crippen LogP contribution in [0.3, 0.4) is 0 Å². The minimum atomic E-state index is 0.516. The van der Waals surface area contributed by atoms with Gasteiger partial charge in [-0.05, 0) is 48.7 Å². The fourth-order valence-electron chi connectivity index (χ4n) is 2.92. The Hall–Kier alpha value is -1.32. The zero-order chi connectivity index (χ0) is 14.7. The summed E-state index contributed by atoms with van der Waals surface area (Å²) in [5.41, 5.74) is 4.03. The van der Waals surface area contributed by atoms with Gasteiger partial charge in [0.25, 0.3) is 0 Å². The molecule has 0 amide bonds. The second kappa shape index (κ2) is 6.63. The number of rotatable bonds is 5. The van der Waals surface area contributed by atoms with E-state index in [0.29, 0.717) is 12.6 Å². The number of nitrogens with one attached hydrogen (secondary N) is 1. The van der Waals surface area contributed by atoms with Crippen molar-refractivity contribution in [2.45, 2.75) is 32.4 Å². The van der Waals surface area contributed by atoms with Crippen molar-refractivity contribution in [2.75, 3.05) is 6.54 Å². The topological polar surface area (TPSA) is 21.3 Å². The minimum Gasteiger partial charge on any atom is -0.489 e. The molecule has 1 unspecified atom stereocenters. The average Bonchev–Trinajstić information content (AvgIpc) is 2.89. The fourth-order valence-corrected chi connectivity index (χ4v) is 3.32. The molecule has 3 rings (SSSR count). The molecule has 0 heterocycles. The Morgan fingerprint density at radius 2 is 2.10 bits per heavy atom. The van der Waals surface area contributed by atoms with Gasteiger partial charge in [0.05, 0.1) is 0 Å². The van der Waals surface area contributed by atoms with Crippen molar-refractivity contribution in [3.63, 3.8) is 0 Å². The van der Waals surface area contributed by atoms with Crippen molar-refractivity contribution in [1.29, 1.82) is 0 Å². The summed E-state index contributed by atoms with van der Waals surface area (Å²) < 4.78 is 7.04. The second-order valence-corrected chi connectivity index (χ2v) is 6.24. The lowest BCUT2D eigenvalue weighted by Crippen LogP contribution is -2.18. The van der Waals surface area contributed by atoms with Crippen LogP contribution in [0.1, 0.15) is 36.1 Å². The highest BCUT2D eigenvalue weighted by molar-refractivity contribution is 9.10. The van der Waals surface area contributed by atoms with Gasteiger partial charge in [-0.1, -0.05) is 47.1 Å². The van der Waals surface area contributed by atoms with Gasteiger partial charge in [-0.25, -0.2) is 0 Å². The van der Waals surface area contributed by atoms with Gasteiger partial charge >= 0.3 is 0 Å². The highest BCUT2D eigenvalue weighted by Crippen LogP contribution is 2.33. The first-order valence-electron chi connectivity index (χ1n) is 7.50. The zero-order valence-corrected chi connectivity index (χ0v) is 13.8. The number of hydrogen-bond acceptors (Lipinski definition) is 2. The summed E-state index contributed by atoms with van der Waals surface area (Å²) in [7, 11) is 0. The number of benzene rings is 2. The van der Waals surface area contributed by atoms with E-state index in [2.05, 4.69) is 52.4 Å². The van der Waals surface area contributed by atoms with Gasteiger partial charge in [-0.3, -0.25) is 0 Å². The van der Waals surface area contributed by atoms with Gasteiger partial charge in [0, 0.05) is 16.1 Å². The van der Waals surface area contributed by atoms with E-state index in [-0.39, 0.29) is 0 Å². The Morgan fingerprint density at radius 1 is 1.24 bits per heavy atom. The van der Waals surface area contributed by atoms with Crippen LogP contribution in [0.25, 0.3) is 0 Å². The summed E-state index contributed by atoms with van der Waals surface area (Å²) in [6.07, 6.45) is 2.33. The Bertz CT molecular complexity index is 626. The number of halogens is 1. The third kappa shape index (κ3) is 3.30. The summed E-state index contributed by atoms with van der Waals surface area (Å²) in [6.45, 7) is 3.77. The molecular formula is C18H20BrNO. The molecular weight excluding hydrogens is 326 g/mol. The molecule has 0 spiro atoms. The second-order valence-electron chi connectivity index (χ2n) is 5.39. The first-order valence-corrected chi connectivity index (χ1v) is 8.29. The molecule has 0 aliphatic heterocycles. The molecule has 1 aliphatic rings. The van der Waals surface area contributed by atoms with E-state index in [4.69, 9.17) is 4.74 Å². The first kappa shape index (κ1) is 14.6. The molecule has 0 aromatic heterocycles. The average molecular weight is 346 g/mol. The molecule has 21 heavy (non-hydrogen) atoms. The predicted molar refractivity (Wildman–Crippen MR) is 89.7 cm³/mol. The summed E-state index contributed by atoms with van der Waals surface area (Å²) in [4.78, 5) is 0. The number of hydrogen-bond donors (Lipinski definition) is 1. The van der Waals surface area contributed by atoms with Gasteiger partial charge in [0.1, 0.15) is 12.4 Å². The van der Waals surface area contributed by atoms with Crippen LogP contribution < -0.4 is 10.1 Å². The third-order valence-electron chi connectivity index (χ3n) is 3.99. The molecule has 2 nitrogen and oxygen atoms in total. The first-order chi connectivity index (χ1) is 10.3. The van der Waals surface area contributed by atoms with Crippen molar-refractivity contribution in [3.05, 3.63) is 63.6 Å². The van der Waals surface area contributed by atoms with Gasteiger partial charge in [0.2, 0.25) is 0 Å². The maximum Gasteiger partial charge on any atom is 0.120 e. The van der Waals surface area contributed by atoms with E-state index in [9.17, 15) is 0 Å². The zero-order valence-electron chi connectivity index (χ0n) is 12.2.